The molecule has 0 bridgehead atoms. The zero-order valence-electron chi connectivity index (χ0n) is 10.9. The Morgan fingerprint density at radius 1 is 1.00 bits per heavy atom. The molecule has 2 rings (SSSR count). The molecule has 2 heteroatoms. The summed E-state index contributed by atoms with van der Waals surface area (Å²) in [6, 6.07) is 0.817. The smallest absolute Gasteiger partial charge is 0.0104 e. The lowest BCUT2D eigenvalue weighted by atomic mass is 10.1. The lowest BCUT2D eigenvalue weighted by Gasteiger charge is -2.20. The van der Waals surface area contributed by atoms with Crippen LogP contribution in [-0.2, 0) is 0 Å². The highest BCUT2D eigenvalue weighted by atomic mass is 15.1. The maximum atomic E-state index is 3.74. The van der Waals surface area contributed by atoms with Gasteiger partial charge in [-0.25, -0.2) is 0 Å². The Morgan fingerprint density at radius 3 is 2.31 bits per heavy atom. The van der Waals surface area contributed by atoms with Gasteiger partial charge in [-0.3, -0.25) is 0 Å². The van der Waals surface area contributed by atoms with E-state index in [-0.39, 0.29) is 0 Å². The van der Waals surface area contributed by atoms with Crippen LogP contribution in [0, 0.1) is 5.92 Å². The van der Waals surface area contributed by atoms with Crippen molar-refractivity contribution in [3.8, 4) is 0 Å². The molecule has 0 radical (unpaired) electrons. The summed E-state index contributed by atoms with van der Waals surface area (Å²) in [6.45, 7) is 3.74. The fourth-order valence-corrected chi connectivity index (χ4v) is 2.78. The largest absolute Gasteiger partial charge is 0.313 e. The lowest BCUT2D eigenvalue weighted by Crippen LogP contribution is -2.36. The maximum Gasteiger partial charge on any atom is 0.0104 e. The lowest BCUT2D eigenvalue weighted by molar-refractivity contribution is 0.307. The average Bonchev–Trinajstić information content (AvgIpc) is 3.05. The molecule has 1 N–H and O–H groups in total. The number of hydrogen-bond donors (Lipinski definition) is 1. The van der Waals surface area contributed by atoms with Crippen LogP contribution in [0.5, 0.6) is 0 Å². The van der Waals surface area contributed by atoms with Gasteiger partial charge in [0.2, 0.25) is 0 Å². The van der Waals surface area contributed by atoms with Crippen molar-refractivity contribution in [1.82, 2.24) is 10.2 Å². The highest BCUT2D eigenvalue weighted by Crippen LogP contribution is 2.29. The number of nitrogens with zero attached hydrogens (tertiary/aromatic N) is 1. The van der Waals surface area contributed by atoms with Crippen LogP contribution in [0.15, 0.2) is 0 Å². The van der Waals surface area contributed by atoms with E-state index in [9.17, 15) is 0 Å². The van der Waals surface area contributed by atoms with E-state index in [0.717, 1.165) is 12.0 Å². The molecular formula is C14H28N2. The predicted molar refractivity (Wildman–Crippen MR) is 69.7 cm³/mol. The number of hydrogen-bond acceptors (Lipinski definition) is 2. The highest BCUT2D eigenvalue weighted by Gasteiger charge is 2.22. The molecule has 0 aliphatic heterocycles. The molecule has 0 unspecified atom stereocenters. The second-order valence-electron chi connectivity index (χ2n) is 5.85. The molecule has 2 aliphatic rings. The fourth-order valence-electron chi connectivity index (χ4n) is 2.78. The van der Waals surface area contributed by atoms with Gasteiger partial charge < -0.3 is 10.2 Å². The van der Waals surface area contributed by atoms with Gasteiger partial charge in [0.05, 0.1) is 0 Å². The SMILES string of the molecule is CN(CCNC1CCCCCC1)CC1CC1. The standard InChI is InChI=1S/C14H28N2/c1-16(12-13-8-9-13)11-10-15-14-6-4-2-3-5-7-14/h13-15H,2-12H2,1H3. The van der Waals surface area contributed by atoms with E-state index in [0.29, 0.717) is 0 Å². The molecule has 0 heterocycles. The van der Waals surface area contributed by atoms with Crippen molar-refractivity contribution < 1.29 is 0 Å². The third-order valence-electron chi connectivity index (χ3n) is 4.05. The maximum absolute atomic E-state index is 3.74. The molecule has 2 aliphatic carbocycles. The van der Waals surface area contributed by atoms with Gasteiger partial charge in [0.15, 0.2) is 0 Å². The van der Waals surface area contributed by atoms with E-state index in [2.05, 4.69) is 17.3 Å². The van der Waals surface area contributed by atoms with Crippen LogP contribution in [-0.4, -0.2) is 37.6 Å². The molecule has 2 saturated carbocycles. The number of likely N-dealkylation sites (N-methyl/N-ethyl adjacent to an activating group) is 1. The monoisotopic (exact) mass is 224 g/mol. The first-order chi connectivity index (χ1) is 7.84. The fraction of sp³-hybridized carbons (Fsp3) is 1.00. The summed E-state index contributed by atoms with van der Waals surface area (Å²) in [4.78, 5) is 2.50. The van der Waals surface area contributed by atoms with Crippen LogP contribution in [0.2, 0.25) is 0 Å². The molecule has 94 valence electrons. The van der Waals surface area contributed by atoms with Crippen molar-refractivity contribution in [2.45, 2.75) is 57.4 Å². The first kappa shape index (κ1) is 12.4. The highest BCUT2D eigenvalue weighted by molar-refractivity contribution is 4.77. The minimum Gasteiger partial charge on any atom is -0.313 e. The third-order valence-corrected chi connectivity index (χ3v) is 4.05. The topological polar surface area (TPSA) is 15.3 Å². The quantitative estimate of drug-likeness (QED) is 0.698. The van der Waals surface area contributed by atoms with Crippen molar-refractivity contribution in [3.05, 3.63) is 0 Å². The molecule has 0 aromatic carbocycles. The van der Waals surface area contributed by atoms with Crippen LogP contribution >= 0.6 is 0 Å². The summed E-state index contributed by atoms with van der Waals surface area (Å²) in [6.07, 6.45) is 11.6. The first-order valence-corrected chi connectivity index (χ1v) is 7.26. The zero-order valence-corrected chi connectivity index (χ0v) is 10.9. The second-order valence-corrected chi connectivity index (χ2v) is 5.85. The van der Waals surface area contributed by atoms with Crippen molar-refractivity contribution in [3.63, 3.8) is 0 Å². The summed E-state index contributed by atoms with van der Waals surface area (Å²) in [5.74, 6) is 1.03. The molecule has 0 amide bonds. The molecule has 16 heavy (non-hydrogen) atoms. The van der Waals surface area contributed by atoms with Crippen LogP contribution in [0.4, 0.5) is 0 Å². The van der Waals surface area contributed by atoms with Crippen LogP contribution < -0.4 is 5.32 Å². The minimum atomic E-state index is 0.817. The van der Waals surface area contributed by atoms with Crippen molar-refractivity contribution in [2.24, 2.45) is 5.92 Å². The van der Waals surface area contributed by atoms with Gasteiger partial charge in [0, 0.05) is 25.7 Å². The number of rotatable bonds is 6. The second kappa shape index (κ2) is 6.61. The van der Waals surface area contributed by atoms with E-state index in [4.69, 9.17) is 0 Å². The minimum absolute atomic E-state index is 0.817. The van der Waals surface area contributed by atoms with Crippen LogP contribution in [0.25, 0.3) is 0 Å². The zero-order chi connectivity index (χ0) is 11.2. The molecule has 2 fully saturated rings. The molecule has 0 atom stereocenters. The molecule has 0 aromatic rings. The summed E-state index contributed by atoms with van der Waals surface area (Å²) in [5.41, 5.74) is 0. The van der Waals surface area contributed by atoms with E-state index in [1.807, 2.05) is 0 Å². The van der Waals surface area contributed by atoms with Gasteiger partial charge >= 0.3 is 0 Å². The summed E-state index contributed by atoms with van der Waals surface area (Å²) in [7, 11) is 2.27. The Balaban J connectivity index is 1.51. The first-order valence-electron chi connectivity index (χ1n) is 7.26. The van der Waals surface area contributed by atoms with Gasteiger partial charge in [-0.2, -0.15) is 0 Å². The Labute approximate surface area is 101 Å². The van der Waals surface area contributed by atoms with Gasteiger partial charge in [0.25, 0.3) is 0 Å². The van der Waals surface area contributed by atoms with Gasteiger partial charge in [-0.05, 0) is 38.6 Å². The van der Waals surface area contributed by atoms with Crippen molar-refractivity contribution in [1.29, 1.82) is 0 Å². The normalized spacial score (nSPS) is 23.6. The number of nitrogens with one attached hydrogen (secondary N) is 1. The van der Waals surface area contributed by atoms with Gasteiger partial charge in [-0.1, -0.05) is 25.7 Å². The van der Waals surface area contributed by atoms with Gasteiger partial charge in [0.1, 0.15) is 0 Å². The van der Waals surface area contributed by atoms with E-state index >= 15 is 0 Å². The Hall–Kier alpha value is -0.0800. The average molecular weight is 224 g/mol. The Morgan fingerprint density at radius 2 is 1.69 bits per heavy atom. The summed E-state index contributed by atoms with van der Waals surface area (Å²) in [5, 5.41) is 3.74. The molecule has 0 saturated heterocycles. The Kier molecular flexibility index (Phi) is 5.11. The molecule has 2 nitrogen and oxygen atoms in total. The third kappa shape index (κ3) is 4.84. The summed E-state index contributed by atoms with van der Waals surface area (Å²) >= 11 is 0. The van der Waals surface area contributed by atoms with Gasteiger partial charge in [-0.15, -0.1) is 0 Å². The summed E-state index contributed by atoms with van der Waals surface area (Å²) < 4.78 is 0. The molecule has 0 spiro atoms. The van der Waals surface area contributed by atoms with Crippen LogP contribution in [0.1, 0.15) is 51.4 Å². The van der Waals surface area contributed by atoms with E-state index < -0.39 is 0 Å². The van der Waals surface area contributed by atoms with E-state index in [1.54, 1.807) is 0 Å². The predicted octanol–water partition coefficient (Wildman–Crippen LogP) is 2.64. The molecular weight excluding hydrogens is 196 g/mol. The van der Waals surface area contributed by atoms with Crippen molar-refractivity contribution in [2.75, 3.05) is 26.7 Å². The van der Waals surface area contributed by atoms with E-state index in [1.165, 1.54) is 71.0 Å². The van der Waals surface area contributed by atoms with Crippen molar-refractivity contribution >= 4 is 0 Å². The van der Waals surface area contributed by atoms with Crippen LogP contribution in [0.3, 0.4) is 0 Å². The Bertz CT molecular complexity index is 181. The molecule has 0 aromatic heterocycles.